The van der Waals surface area contributed by atoms with Crippen molar-refractivity contribution in [3.8, 4) is 5.75 Å². The fraction of sp³-hybridized carbons (Fsp3) is 0.529. The van der Waals surface area contributed by atoms with E-state index in [9.17, 15) is 9.90 Å². The van der Waals surface area contributed by atoms with Crippen LogP contribution in [0.25, 0.3) is 0 Å². The van der Waals surface area contributed by atoms with Crippen LogP contribution in [-0.2, 0) is 9.53 Å². The van der Waals surface area contributed by atoms with Crippen molar-refractivity contribution in [3.05, 3.63) is 23.3 Å². The van der Waals surface area contributed by atoms with Crippen LogP contribution >= 0.6 is 11.8 Å². The molecule has 4 nitrogen and oxygen atoms in total. The van der Waals surface area contributed by atoms with Crippen molar-refractivity contribution in [1.29, 1.82) is 0 Å². The van der Waals surface area contributed by atoms with Gasteiger partial charge >= 0.3 is 5.97 Å². The minimum absolute atomic E-state index is 0.0245. The van der Waals surface area contributed by atoms with Crippen molar-refractivity contribution >= 4 is 23.4 Å². The predicted molar refractivity (Wildman–Crippen MR) is 90.0 cm³/mol. The highest BCUT2D eigenvalue weighted by Gasteiger charge is 2.32. The van der Waals surface area contributed by atoms with Crippen LogP contribution in [0.2, 0.25) is 0 Å². The third-order valence-corrected chi connectivity index (χ3v) is 4.64. The molecule has 1 unspecified atom stereocenters. The second-order valence-electron chi connectivity index (χ2n) is 6.40. The Hall–Kier alpha value is -1.49. The van der Waals surface area contributed by atoms with Crippen molar-refractivity contribution in [2.75, 3.05) is 6.54 Å². The number of aromatic hydroxyl groups is 1. The highest BCUT2D eigenvalue weighted by Crippen LogP contribution is 2.46. The summed E-state index contributed by atoms with van der Waals surface area (Å²) in [6.07, 6.45) is 0.507. The molecular formula is C17H23NO3S. The number of aliphatic imine (C=N–C) groups is 1. The molecule has 0 radical (unpaired) electrons. The molecular weight excluding hydrogens is 298 g/mol. The van der Waals surface area contributed by atoms with Gasteiger partial charge in [-0.3, -0.25) is 9.79 Å². The average Bonchev–Trinajstić information content (AvgIpc) is 2.32. The number of fused-ring (bicyclic) bond motifs is 1. The third-order valence-electron chi connectivity index (χ3n) is 3.40. The Morgan fingerprint density at radius 1 is 1.50 bits per heavy atom. The lowest BCUT2D eigenvalue weighted by Crippen LogP contribution is -2.27. The zero-order valence-corrected chi connectivity index (χ0v) is 14.6. The minimum atomic E-state index is -0.300. The van der Waals surface area contributed by atoms with Gasteiger partial charge in [-0.1, -0.05) is 0 Å². The van der Waals surface area contributed by atoms with Gasteiger partial charge in [0.15, 0.2) is 0 Å². The number of phenolic OH excluding ortho intramolecular Hbond substituents is 1. The quantitative estimate of drug-likeness (QED) is 0.862. The normalized spacial score (nSPS) is 19.6. The first-order chi connectivity index (χ1) is 10.2. The largest absolute Gasteiger partial charge is 0.507 e. The second kappa shape index (κ2) is 6.32. The van der Waals surface area contributed by atoms with Crippen molar-refractivity contribution in [2.45, 2.75) is 56.8 Å². The molecule has 0 saturated heterocycles. The maximum atomic E-state index is 11.0. The van der Waals surface area contributed by atoms with Crippen LogP contribution in [0.15, 0.2) is 22.0 Å². The summed E-state index contributed by atoms with van der Waals surface area (Å²) in [4.78, 5) is 16.7. The number of hydrogen-bond acceptors (Lipinski definition) is 5. The molecule has 22 heavy (non-hydrogen) atoms. The first-order valence-corrected chi connectivity index (χ1v) is 8.23. The fourth-order valence-corrected chi connectivity index (χ4v) is 4.00. The second-order valence-corrected chi connectivity index (χ2v) is 8.15. The van der Waals surface area contributed by atoms with Crippen molar-refractivity contribution in [3.63, 3.8) is 0 Å². The molecule has 120 valence electrons. The van der Waals surface area contributed by atoms with Gasteiger partial charge in [-0.2, -0.15) is 0 Å². The number of hydrogen-bond donors (Lipinski definition) is 1. The van der Waals surface area contributed by atoms with Gasteiger partial charge in [-0.15, -0.1) is 11.8 Å². The van der Waals surface area contributed by atoms with E-state index in [0.29, 0.717) is 6.54 Å². The average molecular weight is 321 g/mol. The van der Waals surface area contributed by atoms with E-state index in [1.165, 1.54) is 6.92 Å². The number of phenols is 1. The van der Waals surface area contributed by atoms with E-state index in [-0.39, 0.29) is 22.6 Å². The fourth-order valence-electron chi connectivity index (χ4n) is 2.62. The van der Waals surface area contributed by atoms with Gasteiger partial charge in [-0.25, -0.2) is 0 Å². The van der Waals surface area contributed by atoms with Gasteiger partial charge in [0.25, 0.3) is 0 Å². The van der Waals surface area contributed by atoms with Gasteiger partial charge in [0, 0.05) is 28.7 Å². The molecule has 1 heterocycles. The molecule has 0 bridgehead atoms. The number of aryl methyl sites for hydroxylation is 1. The smallest absolute Gasteiger partial charge is 0.302 e. The maximum absolute atomic E-state index is 11.0. The zero-order chi connectivity index (χ0) is 16.5. The van der Waals surface area contributed by atoms with Crippen LogP contribution in [0.4, 0.5) is 0 Å². The van der Waals surface area contributed by atoms with Gasteiger partial charge < -0.3 is 9.84 Å². The molecule has 1 N–H and O–H groups in total. The van der Waals surface area contributed by atoms with Crippen LogP contribution in [0, 0.1) is 6.92 Å². The van der Waals surface area contributed by atoms with Crippen molar-refractivity contribution in [1.82, 2.24) is 0 Å². The Balaban J connectivity index is 2.34. The first-order valence-electron chi connectivity index (χ1n) is 7.41. The molecule has 2 rings (SSSR count). The van der Waals surface area contributed by atoms with E-state index in [4.69, 9.17) is 4.74 Å². The van der Waals surface area contributed by atoms with E-state index < -0.39 is 0 Å². The van der Waals surface area contributed by atoms with Gasteiger partial charge in [0.2, 0.25) is 0 Å². The predicted octanol–water partition coefficient (Wildman–Crippen LogP) is 3.72. The topological polar surface area (TPSA) is 58.9 Å². The Morgan fingerprint density at radius 3 is 2.82 bits per heavy atom. The summed E-state index contributed by atoms with van der Waals surface area (Å²) in [5, 5.41) is 10.3. The van der Waals surface area contributed by atoms with E-state index >= 15 is 0 Å². The van der Waals surface area contributed by atoms with Gasteiger partial charge in [0.1, 0.15) is 11.9 Å². The molecule has 0 amide bonds. The lowest BCUT2D eigenvalue weighted by atomic mass is 9.96. The first kappa shape index (κ1) is 16.9. The standard InChI is InChI=1S/C17H23NO3S/c1-10-6-14(20)16-13(18-9-11(2)21-12(3)19)8-17(4,5)22-15(16)7-10/h6-7,11,20H,8-9H2,1-5H3. The zero-order valence-electron chi connectivity index (χ0n) is 13.8. The number of rotatable bonds is 3. The summed E-state index contributed by atoms with van der Waals surface area (Å²) < 4.78 is 5.14. The molecule has 1 aromatic rings. The third kappa shape index (κ3) is 4.03. The summed E-state index contributed by atoms with van der Waals surface area (Å²) in [7, 11) is 0. The SMILES string of the molecule is CC(=O)OC(C)CN=C1CC(C)(C)Sc2cc(C)cc(O)c21. The van der Waals surface area contributed by atoms with Crippen molar-refractivity contribution < 1.29 is 14.6 Å². The molecule has 1 atom stereocenters. The van der Waals surface area contributed by atoms with Crippen LogP contribution in [0.5, 0.6) is 5.75 Å². The molecule has 0 saturated carbocycles. The molecule has 0 aliphatic carbocycles. The molecule has 0 fully saturated rings. The van der Waals surface area contributed by atoms with Crippen LogP contribution in [0.1, 0.15) is 45.2 Å². The summed E-state index contributed by atoms with van der Waals surface area (Å²) in [6.45, 7) is 9.94. The molecule has 1 aliphatic rings. The Bertz CT molecular complexity index is 623. The molecule has 5 heteroatoms. The van der Waals surface area contributed by atoms with Crippen molar-refractivity contribution in [2.24, 2.45) is 4.99 Å². The van der Waals surface area contributed by atoms with E-state index in [2.05, 4.69) is 24.9 Å². The monoisotopic (exact) mass is 321 g/mol. The summed E-state index contributed by atoms with van der Waals surface area (Å²) in [5.74, 6) is -0.0250. The summed E-state index contributed by atoms with van der Waals surface area (Å²) >= 11 is 1.76. The van der Waals surface area contributed by atoms with E-state index in [0.717, 1.165) is 28.2 Å². The minimum Gasteiger partial charge on any atom is -0.507 e. The van der Waals surface area contributed by atoms with Gasteiger partial charge in [-0.05, 0) is 45.4 Å². The lowest BCUT2D eigenvalue weighted by Gasteiger charge is -2.32. The van der Waals surface area contributed by atoms with E-state index in [1.54, 1.807) is 17.8 Å². The number of carbonyl (C=O) groups is 1. The number of thioether (sulfide) groups is 1. The lowest BCUT2D eigenvalue weighted by molar-refractivity contribution is -0.144. The molecule has 0 spiro atoms. The number of nitrogens with zero attached hydrogens (tertiary/aromatic N) is 1. The summed E-state index contributed by atoms with van der Waals surface area (Å²) in [5.41, 5.74) is 2.74. The molecule has 1 aliphatic heterocycles. The Kier molecular flexibility index (Phi) is 4.85. The van der Waals surface area contributed by atoms with Crippen LogP contribution < -0.4 is 0 Å². The number of esters is 1. The number of carbonyl (C=O) groups excluding carboxylic acids is 1. The Morgan fingerprint density at radius 2 is 2.18 bits per heavy atom. The van der Waals surface area contributed by atoms with Gasteiger partial charge in [0.05, 0.1) is 12.1 Å². The highest BCUT2D eigenvalue weighted by molar-refractivity contribution is 8.00. The Labute approximate surface area is 136 Å². The number of ether oxygens (including phenoxy) is 1. The molecule has 1 aromatic carbocycles. The highest BCUT2D eigenvalue weighted by atomic mass is 32.2. The van der Waals surface area contributed by atoms with E-state index in [1.807, 2.05) is 13.8 Å². The maximum Gasteiger partial charge on any atom is 0.302 e. The van der Waals surface area contributed by atoms with Crippen LogP contribution in [0.3, 0.4) is 0 Å². The molecule has 0 aromatic heterocycles. The van der Waals surface area contributed by atoms with Crippen LogP contribution in [-0.4, -0.2) is 34.2 Å². The number of benzene rings is 1. The summed E-state index contributed by atoms with van der Waals surface area (Å²) in [6, 6.07) is 3.86.